The number of hydrogen-bond donors (Lipinski definition) is 2. The second kappa shape index (κ2) is 6.17. The Morgan fingerprint density at radius 1 is 1.50 bits per heavy atom. The van der Waals surface area contributed by atoms with Gasteiger partial charge in [-0.1, -0.05) is 6.42 Å². The molecule has 1 aliphatic rings. The number of methoxy groups -OCH3 is 1. The Hall–Kier alpha value is -1.69. The van der Waals surface area contributed by atoms with Crippen molar-refractivity contribution in [3.05, 3.63) is 29.3 Å². The zero-order valence-electron chi connectivity index (χ0n) is 11.2. The minimum atomic E-state index is -1.04. The van der Waals surface area contributed by atoms with Crippen molar-refractivity contribution < 1.29 is 23.4 Å². The maximum absolute atomic E-state index is 13.3. The number of benzene rings is 1. The molecule has 2 N–H and O–H groups in total. The first kappa shape index (κ1) is 14.7. The lowest BCUT2D eigenvalue weighted by Crippen LogP contribution is -2.45. The zero-order chi connectivity index (χ0) is 14.7. The largest absolute Gasteiger partial charge is 0.494 e. The van der Waals surface area contributed by atoms with Gasteiger partial charge in [0.2, 0.25) is 5.82 Å². The molecular weight excluding hydrogens is 268 g/mol. The monoisotopic (exact) mass is 285 g/mol. The van der Waals surface area contributed by atoms with Crippen molar-refractivity contribution in [2.45, 2.75) is 31.8 Å². The fraction of sp³-hybridized carbons (Fsp3) is 0.500. The normalized spacial score (nSPS) is 16.6. The predicted molar refractivity (Wildman–Crippen MR) is 68.5 cm³/mol. The molecule has 1 aromatic rings. The lowest BCUT2D eigenvalue weighted by atomic mass is 9.79. The molecule has 1 unspecified atom stereocenters. The minimum Gasteiger partial charge on any atom is -0.494 e. The van der Waals surface area contributed by atoms with Crippen LogP contribution >= 0.6 is 0 Å². The molecule has 4 nitrogen and oxygen atoms in total. The lowest BCUT2D eigenvalue weighted by molar-refractivity contribution is -0.142. The summed E-state index contributed by atoms with van der Waals surface area (Å²) in [6.45, 7) is 0.154. The number of aliphatic carboxylic acids is 1. The van der Waals surface area contributed by atoms with E-state index in [1.165, 1.54) is 13.2 Å². The van der Waals surface area contributed by atoms with Gasteiger partial charge in [0.1, 0.15) is 6.04 Å². The first-order valence-electron chi connectivity index (χ1n) is 6.51. The van der Waals surface area contributed by atoms with Gasteiger partial charge in [-0.15, -0.1) is 0 Å². The van der Waals surface area contributed by atoms with Crippen LogP contribution in [0.25, 0.3) is 0 Å². The number of hydrogen-bond acceptors (Lipinski definition) is 3. The summed E-state index contributed by atoms with van der Waals surface area (Å²) in [6, 6.07) is 1.76. The molecule has 0 spiro atoms. The van der Waals surface area contributed by atoms with E-state index in [0.29, 0.717) is 5.56 Å². The molecule has 1 atom stereocenters. The number of carboxylic acid groups (broad SMARTS) is 1. The third kappa shape index (κ3) is 3.07. The van der Waals surface area contributed by atoms with Crippen LogP contribution in [0.2, 0.25) is 0 Å². The smallest absolute Gasteiger partial charge is 0.320 e. The van der Waals surface area contributed by atoms with Crippen LogP contribution in [0.15, 0.2) is 12.1 Å². The fourth-order valence-corrected chi connectivity index (χ4v) is 2.32. The second-order valence-electron chi connectivity index (χ2n) is 4.98. The van der Waals surface area contributed by atoms with Gasteiger partial charge in [-0.3, -0.25) is 4.79 Å². The summed E-state index contributed by atoms with van der Waals surface area (Å²) < 4.78 is 31.4. The molecule has 0 bridgehead atoms. The van der Waals surface area contributed by atoms with Crippen LogP contribution in [-0.2, 0) is 11.3 Å². The van der Waals surface area contributed by atoms with Crippen LogP contribution in [-0.4, -0.2) is 24.2 Å². The maximum Gasteiger partial charge on any atom is 0.320 e. The van der Waals surface area contributed by atoms with Crippen LogP contribution < -0.4 is 10.1 Å². The third-order valence-electron chi connectivity index (χ3n) is 3.69. The van der Waals surface area contributed by atoms with Crippen LogP contribution in [0.5, 0.6) is 5.75 Å². The molecule has 1 saturated carbocycles. The molecule has 0 aromatic heterocycles. The van der Waals surface area contributed by atoms with Gasteiger partial charge in [0.15, 0.2) is 11.6 Å². The van der Waals surface area contributed by atoms with Crippen molar-refractivity contribution in [3.63, 3.8) is 0 Å². The summed E-state index contributed by atoms with van der Waals surface area (Å²) in [7, 11) is 1.25. The highest BCUT2D eigenvalue weighted by Gasteiger charge is 2.32. The molecule has 0 aliphatic heterocycles. The highest BCUT2D eigenvalue weighted by Crippen LogP contribution is 2.30. The predicted octanol–water partition coefficient (Wildman–Crippen LogP) is 2.32. The summed E-state index contributed by atoms with van der Waals surface area (Å²) in [4.78, 5) is 11.2. The molecule has 6 heteroatoms. The summed E-state index contributed by atoms with van der Waals surface area (Å²) >= 11 is 0. The van der Waals surface area contributed by atoms with E-state index in [0.717, 1.165) is 25.3 Å². The number of rotatable bonds is 6. The molecule has 0 saturated heterocycles. The Kier molecular flexibility index (Phi) is 4.54. The number of halogens is 2. The SMILES string of the molecule is COc1cc(CNC(C(=O)O)C2CCC2)cc(F)c1F. The Bertz CT molecular complexity index is 503. The molecule has 2 rings (SSSR count). The van der Waals surface area contributed by atoms with E-state index in [2.05, 4.69) is 5.32 Å². The first-order chi connectivity index (χ1) is 9.52. The summed E-state index contributed by atoms with van der Waals surface area (Å²) in [5, 5.41) is 12.1. The van der Waals surface area contributed by atoms with Crippen molar-refractivity contribution in [3.8, 4) is 5.75 Å². The fourth-order valence-electron chi connectivity index (χ4n) is 2.32. The highest BCUT2D eigenvalue weighted by atomic mass is 19.2. The third-order valence-corrected chi connectivity index (χ3v) is 3.69. The number of carbonyl (C=O) groups is 1. The van der Waals surface area contributed by atoms with Crippen molar-refractivity contribution in [2.75, 3.05) is 7.11 Å². The molecule has 20 heavy (non-hydrogen) atoms. The molecular formula is C14H17F2NO3. The number of nitrogens with one attached hydrogen (secondary N) is 1. The molecule has 110 valence electrons. The van der Waals surface area contributed by atoms with Crippen molar-refractivity contribution in [1.29, 1.82) is 0 Å². The topological polar surface area (TPSA) is 58.6 Å². The molecule has 1 aliphatic carbocycles. The average Bonchev–Trinajstić information content (AvgIpc) is 2.35. The molecule has 0 amide bonds. The average molecular weight is 285 g/mol. The van der Waals surface area contributed by atoms with E-state index in [1.807, 2.05) is 0 Å². The van der Waals surface area contributed by atoms with E-state index in [-0.39, 0.29) is 18.2 Å². The van der Waals surface area contributed by atoms with E-state index >= 15 is 0 Å². The molecule has 0 heterocycles. The molecule has 1 fully saturated rings. The van der Waals surface area contributed by atoms with Crippen LogP contribution in [0.3, 0.4) is 0 Å². The van der Waals surface area contributed by atoms with Gasteiger partial charge in [-0.2, -0.15) is 4.39 Å². The van der Waals surface area contributed by atoms with Crippen molar-refractivity contribution >= 4 is 5.97 Å². The van der Waals surface area contributed by atoms with E-state index < -0.39 is 23.6 Å². The Labute approximate surface area is 115 Å². The van der Waals surface area contributed by atoms with Crippen LogP contribution in [0.1, 0.15) is 24.8 Å². The Morgan fingerprint density at radius 3 is 2.70 bits per heavy atom. The molecule has 1 aromatic carbocycles. The minimum absolute atomic E-state index is 0.111. The van der Waals surface area contributed by atoms with Crippen molar-refractivity contribution in [2.24, 2.45) is 5.92 Å². The van der Waals surface area contributed by atoms with Gasteiger partial charge in [-0.05, 0) is 36.5 Å². The number of ether oxygens (including phenoxy) is 1. The summed E-state index contributed by atoms with van der Waals surface area (Å²) in [5.74, 6) is -3.03. The quantitative estimate of drug-likeness (QED) is 0.842. The maximum atomic E-state index is 13.3. The van der Waals surface area contributed by atoms with Gasteiger partial charge in [-0.25, -0.2) is 4.39 Å². The second-order valence-corrected chi connectivity index (χ2v) is 4.98. The van der Waals surface area contributed by atoms with Gasteiger partial charge in [0, 0.05) is 6.54 Å². The van der Waals surface area contributed by atoms with Gasteiger partial charge in [0.05, 0.1) is 7.11 Å². The highest BCUT2D eigenvalue weighted by molar-refractivity contribution is 5.74. The first-order valence-corrected chi connectivity index (χ1v) is 6.51. The standard InChI is InChI=1S/C14H17F2NO3/c1-20-11-6-8(5-10(15)12(11)16)7-17-13(14(18)19)9-3-2-4-9/h5-6,9,13,17H,2-4,7H2,1H3,(H,18,19). The molecule has 0 radical (unpaired) electrons. The van der Waals surface area contributed by atoms with E-state index in [4.69, 9.17) is 9.84 Å². The Morgan fingerprint density at radius 2 is 2.20 bits per heavy atom. The Balaban J connectivity index is 2.05. The van der Waals surface area contributed by atoms with Crippen molar-refractivity contribution in [1.82, 2.24) is 5.32 Å². The van der Waals surface area contributed by atoms with E-state index in [1.54, 1.807) is 0 Å². The van der Waals surface area contributed by atoms with Crippen LogP contribution in [0, 0.1) is 17.6 Å². The lowest BCUT2D eigenvalue weighted by Gasteiger charge is -2.31. The van der Waals surface area contributed by atoms with E-state index in [9.17, 15) is 13.6 Å². The summed E-state index contributed by atoms with van der Waals surface area (Å²) in [5.41, 5.74) is 0.450. The van der Waals surface area contributed by atoms with Crippen LogP contribution in [0.4, 0.5) is 8.78 Å². The van der Waals surface area contributed by atoms with Gasteiger partial charge < -0.3 is 15.2 Å². The van der Waals surface area contributed by atoms with Gasteiger partial charge in [0.25, 0.3) is 0 Å². The van der Waals surface area contributed by atoms with Gasteiger partial charge >= 0.3 is 5.97 Å². The number of carboxylic acids is 1. The zero-order valence-corrected chi connectivity index (χ0v) is 11.2. The summed E-state index contributed by atoms with van der Waals surface area (Å²) in [6.07, 6.45) is 2.80.